The van der Waals surface area contributed by atoms with Crippen molar-refractivity contribution in [3.05, 3.63) is 5.89 Å². The lowest BCUT2D eigenvalue weighted by molar-refractivity contribution is 0.422. The van der Waals surface area contributed by atoms with Crippen LogP contribution in [0.2, 0.25) is 0 Å². The first-order valence-electron chi connectivity index (χ1n) is 6.33. The van der Waals surface area contributed by atoms with Crippen molar-refractivity contribution in [1.29, 1.82) is 0 Å². The second kappa shape index (κ2) is 6.85. The van der Waals surface area contributed by atoms with E-state index in [1.54, 1.807) is 6.92 Å². The van der Waals surface area contributed by atoms with Gasteiger partial charge in [0.2, 0.25) is 5.89 Å². The molecule has 0 amide bonds. The lowest BCUT2D eigenvalue weighted by atomic mass is 10.3. The predicted octanol–water partition coefficient (Wildman–Crippen LogP) is 0.975. The first kappa shape index (κ1) is 15.9. The fourth-order valence-electron chi connectivity index (χ4n) is 1.62. The first-order valence-corrected chi connectivity index (χ1v) is 8.39. The number of hydrogen-bond donors (Lipinski definition) is 2. The minimum Gasteiger partial charge on any atom is -0.406 e. The largest absolute Gasteiger partial charge is 0.406 e. The number of nitrogens with one attached hydrogen (secondary N) is 2. The molecule has 0 aromatic carbocycles. The van der Waals surface area contributed by atoms with Crippen molar-refractivity contribution >= 4 is 15.9 Å². The highest BCUT2D eigenvalue weighted by Gasteiger charge is 2.16. The highest BCUT2D eigenvalue weighted by atomic mass is 32.2. The Morgan fingerprint density at radius 1 is 1.32 bits per heavy atom. The van der Waals surface area contributed by atoms with Gasteiger partial charge in [-0.3, -0.25) is 0 Å². The monoisotopic (exact) mass is 290 g/mol. The molecule has 0 fully saturated rings. The summed E-state index contributed by atoms with van der Waals surface area (Å²) in [5.41, 5.74) is 0. The molecule has 19 heavy (non-hydrogen) atoms. The summed E-state index contributed by atoms with van der Waals surface area (Å²) in [7, 11) is -3.03. The van der Waals surface area contributed by atoms with Crippen LogP contribution in [0.3, 0.4) is 0 Å². The fraction of sp³-hybridized carbons (Fsp3) is 0.818. The van der Waals surface area contributed by atoms with Gasteiger partial charge in [-0.15, -0.1) is 5.10 Å². The average molecular weight is 290 g/mol. The highest BCUT2D eigenvalue weighted by molar-refractivity contribution is 7.90. The van der Waals surface area contributed by atoms with E-state index in [9.17, 15) is 8.42 Å². The molecule has 2 N–H and O–H groups in total. The molecule has 0 radical (unpaired) electrons. The third-order valence-electron chi connectivity index (χ3n) is 2.43. The fourth-order valence-corrected chi connectivity index (χ4v) is 2.61. The number of hydrogen-bond acceptors (Lipinski definition) is 7. The van der Waals surface area contributed by atoms with E-state index in [0.29, 0.717) is 5.89 Å². The van der Waals surface area contributed by atoms with E-state index in [2.05, 4.69) is 27.8 Å². The van der Waals surface area contributed by atoms with E-state index in [0.717, 1.165) is 13.0 Å². The molecule has 0 bridgehead atoms. The molecule has 110 valence electrons. The van der Waals surface area contributed by atoms with Gasteiger partial charge in [0.1, 0.15) is 9.84 Å². The molecule has 0 aliphatic carbocycles. The predicted molar refractivity (Wildman–Crippen MR) is 73.8 cm³/mol. The molecule has 2 unspecified atom stereocenters. The van der Waals surface area contributed by atoms with Crippen LogP contribution in [-0.2, 0) is 9.84 Å². The zero-order valence-corrected chi connectivity index (χ0v) is 12.6. The molecule has 1 aromatic heterocycles. The number of anilines is 1. The maximum Gasteiger partial charge on any atom is 0.315 e. The summed E-state index contributed by atoms with van der Waals surface area (Å²) in [6.45, 7) is 6.64. The summed E-state index contributed by atoms with van der Waals surface area (Å²) in [5.74, 6) is 0.511. The van der Waals surface area contributed by atoms with E-state index < -0.39 is 9.84 Å². The van der Waals surface area contributed by atoms with E-state index in [4.69, 9.17) is 4.42 Å². The van der Waals surface area contributed by atoms with Gasteiger partial charge in [0.25, 0.3) is 0 Å². The van der Waals surface area contributed by atoms with Gasteiger partial charge in [-0.05, 0) is 26.8 Å². The first-order chi connectivity index (χ1) is 8.81. The third-order valence-corrected chi connectivity index (χ3v) is 3.54. The van der Waals surface area contributed by atoms with Crippen LogP contribution in [0.4, 0.5) is 6.01 Å². The van der Waals surface area contributed by atoms with Gasteiger partial charge in [-0.25, -0.2) is 8.42 Å². The molecule has 0 saturated heterocycles. The number of nitrogens with zero attached hydrogens (tertiary/aromatic N) is 2. The van der Waals surface area contributed by atoms with Gasteiger partial charge in [-0.2, -0.15) is 0 Å². The smallest absolute Gasteiger partial charge is 0.315 e. The second-order valence-corrected chi connectivity index (χ2v) is 6.94. The topological polar surface area (TPSA) is 97.1 Å². The van der Waals surface area contributed by atoms with Crippen molar-refractivity contribution < 1.29 is 12.8 Å². The van der Waals surface area contributed by atoms with Gasteiger partial charge >= 0.3 is 6.01 Å². The zero-order valence-electron chi connectivity index (χ0n) is 11.8. The second-order valence-electron chi connectivity index (χ2n) is 4.76. The van der Waals surface area contributed by atoms with Crippen LogP contribution >= 0.6 is 0 Å². The van der Waals surface area contributed by atoms with Crippen molar-refractivity contribution in [3.63, 3.8) is 0 Å². The van der Waals surface area contributed by atoms with Crippen molar-refractivity contribution in [2.24, 2.45) is 0 Å². The van der Waals surface area contributed by atoms with Crippen LogP contribution < -0.4 is 10.6 Å². The van der Waals surface area contributed by atoms with E-state index >= 15 is 0 Å². The maximum atomic E-state index is 11.1. The average Bonchev–Trinajstić information content (AvgIpc) is 2.71. The van der Waals surface area contributed by atoms with E-state index in [1.807, 2.05) is 6.92 Å². The Bertz CT molecular complexity index is 486. The molecule has 8 heteroatoms. The summed E-state index contributed by atoms with van der Waals surface area (Å²) < 4.78 is 27.7. The minimum atomic E-state index is -3.03. The minimum absolute atomic E-state index is 0.0202. The lowest BCUT2D eigenvalue weighted by Gasteiger charge is -2.10. The molecule has 0 spiro atoms. The van der Waals surface area contributed by atoms with Crippen LogP contribution in [0.5, 0.6) is 0 Å². The maximum absolute atomic E-state index is 11.1. The molecular weight excluding hydrogens is 268 g/mol. The normalized spacial score (nSPS) is 15.2. The highest BCUT2D eigenvalue weighted by Crippen LogP contribution is 2.14. The van der Waals surface area contributed by atoms with Crippen LogP contribution in [0.1, 0.15) is 39.1 Å². The third kappa shape index (κ3) is 6.02. The zero-order chi connectivity index (χ0) is 14.5. The molecule has 0 saturated carbocycles. The van der Waals surface area contributed by atoms with Crippen molar-refractivity contribution in [1.82, 2.24) is 15.5 Å². The van der Waals surface area contributed by atoms with Crippen LogP contribution in [0.15, 0.2) is 4.42 Å². The standard InChI is InChI=1S/C11H22N4O3S/c1-5-6-12-9(3)10-14-15-11(18-10)13-8(2)7-19(4,16)17/h8-9,12H,5-7H2,1-4H3,(H,13,15). The Balaban J connectivity index is 2.55. The van der Waals surface area contributed by atoms with Crippen LogP contribution in [0.25, 0.3) is 0 Å². The number of sulfone groups is 1. The Hall–Kier alpha value is -1.15. The van der Waals surface area contributed by atoms with Crippen LogP contribution in [0, 0.1) is 0 Å². The van der Waals surface area contributed by atoms with E-state index in [1.165, 1.54) is 6.26 Å². The van der Waals surface area contributed by atoms with Gasteiger partial charge < -0.3 is 15.1 Å². The molecule has 2 atom stereocenters. The van der Waals surface area contributed by atoms with Gasteiger partial charge in [0.15, 0.2) is 0 Å². The summed E-state index contributed by atoms with van der Waals surface area (Å²) in [5, 5.41) is 13.9. The van der Waals surface area contributed by atoms with Crippen molar-refractivity contribution in [3.8, 4) is 0 Å². The Labute approximate surface area is 114 Å². The van der Waals surface area contributed by atoms with Gasteiger partial charge in [-0.1, -0.05) is 12.0 Å². The quantitative estimate of drug-likeness (QED) is 0.736. The molecule has 1 rings (SSSR count). The molecule has 0 aliphatic rings. The SMILES string of the molecule is CCCNC(C)c1nnc(NC(C)CS(C)(=O)=O)o1. The van der Waals surface area contributed by atoms with Crippen LogP contribution in [-0.4, -0.2) is 43.2 Å². The Morgan fingerprint density at radius 3 is 2.58 bits per heavy atom. The number of rotatable bonds is 8. The Kier molecular flexibility index (Phi) is 5.74. The molecule has 1 aromatic rings. The number of aromatic nitrogens is 2. The lowest BCUT2D eigenvalue weighted by Crippen LogP contribution is -2.25. The summed E-state index contributed by atoms with van der Waals surface area (Å²) in [6, 6.07) is -0.0493. The Morgan fingerprint density at radius 2 is 2.00 bits per heavy atom. The molecular formula is C11H22N4O3S. The summed E-state index contributed by atoms with van der Waals surface area (Å²) in [6.07, 6.45) is 2.22. The van der Waals surface area contributed by atoms with E-state index in [-0.39, 0.29) is 23.9 Å². The van der Waals surface area contributed by atoms with Gasteiger partial charge in [0.05, 0.1) is 11.8 Å². The molecule has 0 aliphatic heterocycles. The van der Waals surface area contributed by atoms with Crippen molar-refractivity contribution in [2.45, 2.75) is 39.3 Å². The summed E-state index contributed by atoms with van der Waals surface area (Å²) in [4.78, 5) is 0. The van der Waals surface area contributed by atoms with Gasteiger partial charge in [0, 0.05) is 12.3 Å². The van der Waals surface area contributed by atoms with Crippen molar-refractivity contribution in [2.75, 3.05) is 23.9 Å². The summed E-state index contributed by atoms with van der Waals surface area (Å²) >= 11 is 0. The molecule has 7 nitrogen and oxygen atoms in total. The molecule has 1 heterocycles.